The molecule has 4 rings (SSSR count). The van der Waals surface area contributed by atoms with Crippen molar-refractivity contribution in [3.05, 3.63) is 89.8 Å². The highest BCUT2D eigenvalue weighted by Crippen LogP contribution is 2.28. The summed E-state index contributed by atoms with van der Waals surface area (Å²) in [5, 5.41) is 5.43. The molecule has 4 aromatic rings. The van der Waals surface area contributed by atoms with Gasteiger partial charge in [0.1, 0.15) is 11.5 Å². The quantitative estimate of drug-likeness (QED) is 0.338. The molecule has 0 fully saturated rings. The van der Waals surface area contributed by atoms with Gasteiger partial charge in [-0.1, -0.05) is 30.3 Å². The zero-order valence-electron chi connectivity index (χ0n) is 16.4. The number of thioether (sulfide) groups is 1. The normalized spacial score (nSPS) is 10.6. The molecule has 1 heterocycles. The lowest BCUT2D eigenvalue weighted by Gasteiger charge is -2.06. The van der Waals surface area contributed by atoms with E-state index in [1.807, 2.05) is 90.5 Å². The summed E-state index contributed by atoms with van der Waals surface area (Å²) in [7, 11) is 0. The Bertz CT molecular complexity index is 1110. The van der Waals surface area contributed by atoms with Crippen LogP contribution in [0.25, 0.3) is 11.3 Å². The predicted molar refractivity (Wildman–Crippen MR) is 125 cm³/mol. The largest absolute Gasteiger partial charge is 0.457 e. The van der Waals surface area contributed by atoms with Crippen molar-refractivity contribution in [1.82, 2.24) is 4.98 Å². The Morgan fingerprint density at radius 3 is 2.37 bits per heavy atom. The van der Waals surface area contributed by atoms with E-state index in [1.165, 1.54) is 16.2 Å². The zero-order valence-corrected chi connectivity index (χ0v) is 18.0. The Morgan fingerprint density at radius 1 is 0.967 bits per heavy atom. The Hall–Kier alpha value is -3.09. The molecule has 6 heteroatoms. The van der Waals surface area contributed by atoms with Crippen LogP contribution >= 0.6 is 23.1 Å². The van der Waals surface area contributed by atoms with Gasteiger partial charge in [0.05, 0.1) is 12.1 Å². The minimum absolute atomic E-state index is 0.0700. The molecule has 30 heavy (non-hydrogen) atoms. The number of benzene rings is 3. The molecule has 4 nitrogen and oxygen atoms in total. The van der Waals surface area contributed by atoms with E-state index in [0.717, 1.165) is 28.3 Å². The fraction of sp³-hybridized carbons (Fsp3) is 0.0833. The van der Waals surface area contributed by atoms with E-state index in [9.17, 15) is 4.79 Å². The Morgan fingerprint density at radius 2 is 1.67 bits per heavy atom. The average molecular weight is 433 g/mol. The molecule has 3 aromatic carbocycles. The molecular formula is C24H20N2O2S2. The number of aromatic nitrogens is 1. The summed E-state index contributed by atoms with van der Waals surface area (Å²) in [5.74, 6) is 1.49. The SMILES string of the molecule is CSc1ccc(CC(=O)Nc2nc(-c3ccc(Oc4ccccc4)cc3)cs2)cc1. The summed E-state index contributed by atoms with van der Waals surface area (Å²) < 4.78 is 5.82. The van der Waals surface area contributed by atoms with Crippen molar-refractivity contribution in [1.29, 1.82) is 0 Å². The van der Waals surface area contributed by atoms with Crippen LogP contribution in [0.5, 0.6) is 11.5 Å². The summed E-state index contributed by atoms with van der Waals surface area (Å²) in [6.07, 6.45) is 2.36. The summed E-state index contributed by atoms with van der Waals surface area (Å²) in [6.45, 7) is 0. The van der Waals surface area contributed by atoms with Crippen LogP contribution in [0.2, 0.25) is 0 Å². The number of amides is 1. The van der Waals surface area contributed by atoms with E-state index in [-0.39, 0.29) is 5.91 Å². The highest BCUT2D eigenvalue weighted by Gasteiger charge is 2.09. The molecule has 0 saturated heterocycles. The van der Waals surface area contributed by atoms with Gasteiger partial charge in [0.25, 0.3) is 0 Å². The molecule has 0 aliphatic heterocycles. The van der Waals surface area contributed by atoms with Crippen molar-refractivity contribution in [3.63, 3.8) is 0 Å². The number of hydrogen-bond donors (Lipinski definition) is 1. The standard InChI is InChI=1S/C24H20N2O2S2/c1-29-21-13-7-17(8-14-21)15-23(27)26-24-25-22(16-30-24)18-9-11-20(12-10-18)28-19-5-3-2-4-6-19/h2-14,16H,15H2,1H3,(H,25,26,27). The van der Waals surface area contributed by atoms with Gasteiger partial charge >= 0.3 is 0 Å². The second-order valence-corrected chi connectivity index (χ2v) is 8.29. The van der Waals surface area contributed by atoms with Gasteiger partial charge in [-0.25, -0.2) is 4.98 Å². The minimum atomic E-state index is -0.0700. The number of thiazole rings is 1. The topological polar surface area (TPSA) is 51.2 Å². The second-order valence-electron chi connectivity index (χ2n) is 6.55. The predicted octanol–water partition coefficient (Wildman–Crippen LogP) is 6.51. The number of rotatable bonds is 7. The lowest BCUT2D eigenvalue weighted by atomic mass is 10.1. The maximum absolute atomic E-state index is 12.3. The Kier molecular flexibility index (Phi) is 6.47. The smallest absolute Gasteiger partial charge is 0.230 e. The second kappa shape index (κ2) is 9.61. The molecule has 1 aromatic heterocycles. The molecule has 0 spiro atoms. The molecule has 0 atom stereocenters. The van der Waals surface area contributed by atoms with E-state index in [0.29, 0.717) is 11.6 Å². The average Bonchev–Trinajstić information content (AvgIpc) is 3.24. The number of carbonyl (C=O) groups excluding carboxylic acids is 1. The number of hydrogen-bond acceptors (Lipinski definition) is 5. The molecule has 0 saturated carbocycles. The Balaban J connectivity index is 1.36. The van der Waals surface area contributed by atoms with E-state index in [1.54, 1.807) is 11.8 Å². The van der Waals surface area contributed by atoms with Gasteiger partial charge in [-0.05, 0) is 60.4 Å². The summed E-state index contributed by atoms with van der Waals surface area (Å²) in [6, 6.07) is 25.4. The number of carbonyl (C=O) groups is 1. The molecule has 1 N–H and O–H groups in total. The van der Waals surface area contributed by atoms with Crippen LogP contribution in [0.4, 0.5) is 5.13 Å². The fourth-order valence-electron chi connectivity index (χ4n) is 2.87. The monoisotopic (exact) mass is 432 g/mol. The first-order chi connectivity index (χ1) is 14.7. The van der Waals surface area contributed by atoms with Crippen molar-refractivity contribution < 1.29 is 9.53 Å². The summed E-state index contributed by atoms with van der Waals surface area (Å²) in [5.41, 5.74) is 2.78. The molecule has 0 radical (unpaired) electrons. The highest BCUT2D eigenvalue weighted by molar-refractivity contribution is 7.98. The van der Waals surface area contributed by atoms with E-state index >= 15 is 0 Å². The first-order valence-electron chi connectivity index (χ1n) is 9.41. The number of anilines is 1. The first kappa shape index (κ1) is 20.2. The number of para-hydroxylation sites is 1. The van der Waals surface area contributed by atoms with Gasteiger partial charge in [0, 0.05) is 15.8 Å². The maximum atomic E-state index is 12.3. The summed E-state index contributed by atoms with van der Waals surface area (Å²) >= 11 is 3.10. The zero-order chi connectivity index (χ0) is 20.8. The van der Waals surface area contributed by atoms with Crippen LogP contribution in [-0.2, 0) is 11.2 Å². The van der Waals surface area contributed by atoms with Crippen molar-refractivity contribution in [2.24, 2.45) is 0 Å². The fourth-order valence-corrected chi connectivity index (χ4v) is 4.02. The molecule has 0 aliphatic rings. The van der Waals surface area contributed by atoms with Gasteiger partial charge in [-0.2, -0.15) is 0 Å². The van der Waals surface area contributed by atoms with Crippen molar-refractivity contribution in [2.45, 2.75) is 11.3 Å². The van der Waals surface area contributed by atoms with Crippen LogP contribution in [0, 0.1) is 0 Å². The molecule has 0 bridgehead atoms. The lowest BCUT2D eigenvalue weighted by Crippen LogP contribution is -2.14. The molecule has 0 unspecified atom stereocenters. The number of nitrogens with one attached hydrogen (secondary N) is 1. The van der Waals surface area contributed by atoms with Gasteiger partial charge in [-0.3, -0.25) is 4.79 Å². The number of nitrogens with zero attached hydrogens (tertiary/aromatic N) is 1. The molecule has 1 amide bonds. The van der Waals surface area contributed by atoms with Gasteiger partial charge in [0.2, 0.25) is 5.91 Å². The van der Waals surface area contributed by atoms with E-state index in [2.05, 4.69) is 10.3 Å². The van der Waals surface area contributed by atoms with Crippen molar-refractivity contribution >= 4 is 34.1 Å². The third kappa shape index (κ3) is 5.28. The molecular weight excluding hydrogens is 412 g/mol. The van der Waals surface area contributed by atoms with Crippen LogP contribution in [0.1, 0.15) is 5.56 Å². The molecule has 0 aliphatic carbocycles. The van der Waals surface area contributed by atoms with Crippen molar-refractivity contribution in [2.75, 3.05) is 11.6 Å². The summed E-state index contributed by atoms with van der Waals surface area (Å²) in [4.78, 5) is 18.1. The maximum Gasteiger partial charge on any atom is 0.230 e. The van der Waals surface area contributed by atoms with Crippen LogP contribution in [-0.4, -0.2) is 17.1 Å². The van der Waals surface area contributed by atoms with Crippen LogP contribution in [0.15, 0.2) is 89.1 Å². The van der Waals surface area contributed by atoms with Gasteiger partial charge in [0.15, 0.2) is 5.13 Å². The van der Waals surface area contributed by atoms with Gasteiger partial charge < -0.3 is 10.1 Å². The highest BCUT2D eigenvalue weighted by atomic mass is 32.2. The molecule has 150 valence electrons. The van der Waals surface area contributed by atoms with E-state index < -0.39 is 0 Å². The minimum Gasteiger partial charge on any atom is -0.457 e. The Labute approximate surface area is 184 Å². The van der Waals surface area contributed by atoms with Gasteiger partial charge in [-0.15, -0.1) is 23.1 Å². The van der Waals surface area contributed by atoms with Crippen LogP contribution < -0.4 is 10.1 Å². The number of ether oxygens (including phenoxy) is 1. The van der Waals surface area contributed by atoms with E-state index in [4.69, 9.17) is 4.74 Å². The first-order valence-corrected chi connectivity index (χ1v) is 11.5. The third-order valence-corrected chi connectivity index (χ3v) is 5.90. The lowest BCUT2D eigenvalue weighted by molar-refractivity contribution is -0.115. The van der Waals surface area contributed by atoms with Crippen molar-refractivity contribution in [3.8, 4) is 22.8 Å². The third-order valence-electron chi connectivity index (χ3n) is 4.40. The van der Waals surface area contributed by atoms with Crippen LogP contribution in [0.3, 0.4) is 0 Å².